The Balaban J connectivity index is 1.44. The standard InChI is InChI=1S/C19H17N3O4/c1-11-7-3-4-8-13(11)16-21-18(26-22-16)12(2)20-17(23)19-24-14-9-5-6-10-15(14)25-19/h3-10,12,19H,1-2H3,(H,20,23)/t12-/m0/s1. The number of nitrogens with one attached hydrogen (secondary N) is 1. The van der Waals surface area contributed by atoms with Gasteiger partial charge in [-0.1, -0.05) is 41.6 Å². The van der Waals surface area contributed by atoms with Crippen molar-refractivity contribution in [2.24, 2.45) is 0 Å². The van der Waals surface area contributed by atoms with Gasteiger partial charge in [0.05, 0.1) is 0 Å². The highest BCUT2D eigenvalue weighted by Crippen LogP contribution is 2.34. The number of hydrogen-bond acceptors (Lipinski definition) is 6. The minimum Gasteiger partial charge on any atom is -0.442 e. The lowest BCUT2D eigenvalue weighted by Crippen LogP contribution is -2.41. The molecule has 132 valence electrons. The summed E-state index contributed by atoms with van der Waals surface area (Å²) >= 11 is 0. The van der Waals surface area contributed by atoms with E-state index in [0.29, 0.717) is 23.2 Å². The number of ether oxygens (including phenoxy) is 2. The molecule has 7 heteroatoms. The molecule has 1 aliphatic rings. The van der Waals surface area contributed by atoms with Gasteiger partial charge in [-0.3, -0.25) is 4.79 Å². The first-order valence-electron chi connectivity index (χ1n) is 8.24. The number of hydrogen-bond donors (Lipinski definition) is 1. The molecule has 1 amide bonds. The third-order valence-corrected chi connectivity index (χ3v) is 4.09. The van der Waals surface area contributed by atoms with Gasteiger partial charge in [-0.25, -0.2) is 0 Å². The third kappa shape index (κ3) is 2.99. The average molecular weight is 351 g/mol. The van der Waals surface area contributed by atoms with Crippen molar-refractivity contribution >= 4 is 5.91 Å². The minimum absolute atomic E-state index is 0.312. The van der Waals surface area contributed by atoms with Gasteiger partial charge in [-0.2, -0.15) is 4.98 Å². The molecule has 1 aliphatic heterocycles. The number of aromatic nitrogens is 2. The van der Waals surface area contributed by atoms with Gasteiger partial charge in [0.1, 0.15) is 6.04 Å². The minimum atomic E-state index is -1.03. The molecular formula is C19H17N3O4. The van der Waals surface area contributed by atoms with Crippen LogP contribution in [0.2, 0.25) is 0 Å². The summed E-state index contributed by atoms with van der Waals surface area (Å²) in [5.41, 5.74) is 1.93. The molecule has 4 rings (SSSR count). The van der Waals surface area contributed by atoms with Gasteiger partial charge in [0, 0.05) is 5.56 Å². The second-order valence-corrected chi connectivity index (χ2v) is 6.02. The zero-order valence-corrected chi connectivity index (χ0v) is 14.3. The van der Waals surface area contributed by atoms with Crippen LogP contribution in [0.25, 0.3) is 11.4 Å². The first-order chi connectivity index (χ1) is 12.6. The van der Waals surface area contributed by atoms with Crippen molar-refractivity contribution in [1.82, 2.24) is 15.5 Å². The molecule has 0 aliphatic carbocycles. The van der Waals surface area contributed by atoms with Crippen LogP contribution in [0, 0.1) is 6.92 Å². The Labute approximate surface area is 149 Å². The summed E-state index contributed by atoms with van der Waals surface area (Å²) in [5.74, 6) is 1.47. The SMILES string of the molecule is Cc1ccccc1-c1noc([C@H](C)NC(=O)C2Oc3ccccc3O2)n1. The van der Waals surface area contributed by atoms with Gasteiger partial charge in [0.2, 0.25) is 11.7 Å². The highest BCUT2D eigenvalue weighted by atomic mass is 16.7. The van der Waals surface area contributed by atoms with Crippen LogP contribution in [0.1, 0.15) is 24.4 Å². The number of benzene rings is 2. The fourth-order valence-corrected chi connectivity index (χ4v) is 2.69. The maximum atomic E-state index is 12.4. The second-order valence-electron chi connectivity index (χ2n) is 6.02. The van der Waals surface area contributed by atoms with E-state index in [1.165, 1.54) is 0 Å². The van der Waals surface area contributed by atoms with E-state index in [0.717, 1.165) is 11.1 Å². The van der Waals surface area contributed by atoms with Crippen molar-refractivity contribution in [1.29, 1.82) is 0 Å². The molecular weight excluding hydrogens is 334 g/mol. The molecule has 0 unspecified atom stereocenters. The summed E-state index contributed by atoms with van der Waals surface area (Å²) in [4.78, 5) is 16.8. The Kier molecular flexibility index (Phi) is 4.04. The first kappa shape index (κ1) is 16.1. The van der Waals surface area contributed by atoms with Crippen molar-refractivity contribution in [2.75, 3.05) is 0 Å². The molecule has 1 atom stereocenters. The average Bonchev–Trinajstić information content (AvgIpc) is 3.29. The molecule has 3 aromatic rings. The number of aryl methyl sites for hydroxylation is 1. The molecule has 0 fully saturated rings. The Morgan fingerprint density at radius 3 is 2.42 bits per heavy atom. The van der Waals surface area contributed by atoms with E-state index < -0.39 is 18.2 Å². The Morgan fingerprint density at radius 2 is 1.73 bits per heavy atom. The maximum absolute atomic E-state index is 12.4. The summed E-state index contributed by atoms with van der Waals surface area (Å²) in [6.45, 7) is 3.73. The Bertz CT molecular complexity index is 928. The highest BCUT2D eigenvalue weighted by Gasteiger charge is 2.32. The zero-order chi connectivity index (χ0) is 18.1. The van der Waals surface area contributed by atoms with Crippen LogP contribution in [0.15, 0.2) is 53.1 Å². The van der Waals surface area contributed by atoms with Crippen molar-refractivity contribution in [2.45, 2.75) is 26.2 Å². The van der Waals surface area contributed by atoms with Gasteiger partial charge in [-0.15, -0.1) is 0 Å². The lowest BCUT2D eigenvalue weighted by Gasteiger charge is -2.13. The number of nitrogens with zero attached hydrogens (tertiary/aromatic N) is 2. The summed E-state index contributed by atoms with van der Waals surface area (Å²) < 4.78 is 16.3. The fourth-order valence-electron chi connectivity index (χ4n) is 2.69. The topological polar surface area (TPSA) is 86.5 Å². The summed E-state index contributed by atoms with van der Waals surface area (Å²) in [6, 6.07) is 14.4. The van der Waals surface area contributed by atoms with Gasteiger partial charge in [0.15, 0.2) is 11.5 Å². The zero-order valence-electron chi connectivity index (χ0n) is 14.3. The lowest BCUT2D eigenvalue weighted by atomic mass is 10.1. The normalized spacial score (nSPS) is 14.2. The van der Waals surface area contributed by atoms with E-state index in [2.05, 4.69) is 15.5 Å². The molecule has 26 heavy (non-hydrogen) atoms. The van der Waals surface area contributed by atoms with E-state index in [4.69, 9.17) is 14.0 Å². The number of para-hydroxylation sites is 2. The van der Waals surface area contributed by atoms with Crippen LogP contribution in [-0.4, -0.2) is 22.3 Å². The molecule has 0 spiro atoms. The van der Waals surface area contributed by atoms with Crippen molar-refractivity contribution in [3.05, 3.63) is 60.0 Å². The largest absolute Gasteiger partial charge is 0.442 e. The van der Waals surface area contributed by atoms with Crippen LogP contribution in [0.3, 0.4) is 0 Å². The van der Waals surface area contributed by atoms with Crippen LogP contribution >= 0.6 is 0 Å². The predicted octanol–water partition coefficient (Wildman–Crippen LogP) is 3.02. The molecule has 2 aromatic carbocycles. The molecule has 1 N–H and O–H groups in total. The highest BCUT2D eigenvalue weighted by molar-refractivity contribution is 5.81. The van der Waals surface area contributed by atoms with Gasteiger partial charge in [0.25, 0.3) is 0 Å². The van der Waals surface area contributed by atoms with Crippen LogP contribution < -0.4 is 14.8 Å². The van der Waals surface area contributed by atoms with Crippen molar-refractivity contribution in [3.8, 4) is 22.9 Å². The van der Waals surface area contributed by atoms with Gasteiger partial charge in [-0.05, 0) is 31.5 Å². The van der Waals surface area contributed by atoms with E-state index in [9.17, 15) is 4.79 Å². The smallest absolute Gasteiger partial charge is 0.321 e. The molecule has 0 radical (unpaired) electrons. The number of fused-ring (bicyclic) bond motifs is 1. The predicted molar refractivity (Wildman–Crippen MR) is 92.5 cm³/mol. The van der Waals surface area contributed by atoms with Gasteiger partial charge >= 0.3 is 12.2 Å². The number of carbonyl (C=O) groups is 1. The third-order valence-electron chi connectivity index (χ3n) is 4.09. The monoisotopic (exact) mass is 351 g/mol. The Morgan fingerprint density at radius 1 is 1.08 bits per heavy atom. The quantitative estimate of drug-likeness (QED) is 0.777. The lowest BCUT2D eigenvalue weighted by molar-refractivity contribution is -0.137. The summed E-state index contributed by atoms with van der Waals surface area (Å²) in [7, 11) is 0. The first-order valence-corrected chi connectivity index (χ1v) is 8.24. The maximum Gasteiger partial charge on any atom is 0.321 e. The van der Waals surface area contributed by atoms with Crippen LogP contribution in [0.5, 0.6) is 11.5 Å². The Hall–Kier alpha value is -3.35. The van der Waals surface area contributed by atoms with Crippen molar-refractivity contribution in [3.63, 3.8) is 0 Å². The van der Waals surface area contributed by atoms with E-state index in [-0.39, 0.29) is 0 Å². The molecule has 0 bridgehead atoms. The number of amides is 1. The van der Waals surface area contributed by atoms with E-state index in [1.54, 1.807) is 19.1 Å². The number of rotatable bonds is 4. The molecule has 1 aromatic heterocycles. The second kappa shape index (κ2) is 6.51. The van der Waals surface area contributed by atoms with Crippen molar-refractivity contribution < 1.29 is 18.8 Å². The summed E-state index contributed by atoms with van der Waals surface area (Å²) in [6.07, 6.45) is -1.03. The summed E-state index contributed by atoms with van der Waals surface area (Å²) in [5, 5.41) is 6.77. The molecule has 0 saturated carbocycles. The van der Waals surface area contributed by atoms with Gasteiger partial charge < -0.3 is 19.3 Å². The molecule has 7 nitrogen and oxygen atoms in total. The van der Waals surface area contributed by atoms with E-state index in [1.807, 2.05) is 43.3 Å². The molecule has 2 heterocycles. The number of carbonyl (C=O) groups excluding carboxylic acids is 1. The van der Waals surface area contributed by atoms with E-state index >= 15 is 0 Å². The fraction of sp³-hybridized carbons (Fsp3) is 0.211. The van der Waals surface area contributed by atoms with Crippen LogP contribution in [0.4, 0.5) is 0 Å². The van der Waals surface area contributed by atoms with Crippen LogP contribution in [-0.2, 0) is 4.79 Å². The molecule has 0 saturated heterocycles.